The molecule has 3 rings (SSSR count). The van der Waals surface area contributed by atoms with Crippen molar-refractivity contribution in [3.8, 4) is 0 Å². The van der Waals surface area contributed by atoms with E-state index in [1.807, 2.05) is 0 Å². The molecular formula is C19H20Cl2N2O3S. The number of anilines is 1. The topological polar surface area (TPSA) is 66.5 Å². The van der Waals surface area contributed by atoms with Gasteiger partial charge in [-0.1, -0.05) is 35.3 Å². The minimum atomic E-state index is -3.50. The van der Waals surface area contributed by atoms with Crippen LogP contribution in [0.5, 0.6) is 0 Å². The summed E-state index contributed by atoms with van der Waals surface area (Å²) in [6, 6.07) is 13.6. The molecule has 5 nitrogen and oxygen atoms in total. The first kappa shape index (κ1) is 20.1. The fourth-order valence-corrected chi connectivity index (χ4v) is 4.93. The minimum Gasteiger partial charge on any atom is -0.326 e. The summed E-state index contributed by atoms with van der Waals surface area (Å²) in [5, 5.41) is 3.98. The number of carbonyl (C=O) groups excluding carboxylic acids is 1. The molecule has 1 N–H and O–H groups in total. The number of halogens is 2. The van der Waals surface area contributed by atoms with Crippen LogP contribution in [0.15, 0.2) is 48.5 Å². The number of hydrogen-bond donors (Lipinski definition) is 1. The van der Waals surface area contributed by atoms with E-state index in [-0.39, 0.29) is 24.1 Å². The van der Waals surface area contributed by atoms with E-state index < -0.39 is 10.0 Å². The van der Waals surface area contributed by atoms with Crippen molar-refractivity contribution in [2.24, 2.45) is 5.92 Å². The van der Waals surface area contributed by atoms with Crippen molar-refractivity contribution in [2.45, 2.75) is 18.6 Å². The van der Waals surface area contributed by atoms with Gasteiger partial charge in [0.1, 0.15) is 0 Å². The number of benzene rings is 2. The molecule has 1 amide bonds. The predicted octanol–water partition coefficient (Wildman–Crippen LogP) is 4.17. The average molecular weight is 427 g/mol. The molecule has 0 radical (unpaired) electrons. The molecule has 0 saturated carbocycles. The second-order valence-corrected chi connectivity index (χ2v) is 9.42. The van der Waals surface area contributed by atoms with Gasteiger partial charge in [-0.05, 0) is 54.8 Å². The molecule has 1 aliphatic rings. The number of nitrogens with zero attached hydrogens (tertiary/aromatic N) is 1. The van der Waals surface area contributed by atoms with Gasteiger partial charge in [0.15, 0.2) is 0 Å². The van der Waals surface area contributed by atoms with E-state index in [9.17, 15) is 13.2 Å². The largest absolute Gasteiger partial charge is 0.326 e. The Balaban J connectivity index is 1.64. The van der Waals surface area contributed by atoms with E-state index in [1.165, 1.54) is 4.31 Å². The van der Waals surface area contributed by atoms with Gasteiger partial charge in [0.05, 0.1) is 11.7 Å². The standard InChI is InChI=1S/C19H20Cl2N2O3S/c20-16-5-3-14(4-6-16)13-27(25,26)23-11-1-2-15(12-23)19(24)22-18-9-7-17(21)8-10-18/h3-10,15H,1-2,11-13H2,(H,22,24)/t15-/m1/s1. The van der Waals surface area contributed by atoms with E-state index in [0.717, 1.165) is 0 Å². The highest BCUT2D eigenvalue weighted by Gasteiger charge is 2.32. The minimum absolute atomic E-state index is 0.101. The Kier molecular flexibility index (Phi) is 6.42. The maximum atomic E-state index is 12.8. The molecule has 1 heterocycles. The van der Waals surface area contributed by atoms with Gasteiger partial charge < -0.3 is 5.32 Å². The fourth-order valence-electron chi connectivity index (χ4n) is 3.07. The Morgan fingerprint density at radius 2 is 1.63 bits per heavy atom. The lowest BCUT2D eigenvalue weighted by Gasteiger charge is -2.31. The molecule has 2 aromatic carbocycles. The van der Waals surface area contributed by atoms with Crippen LogP contribution in [0.4, 0.5) is 5.69 Å². The van der Waals surface area contributed by atoms with Crippen LogP contribution in [-0.4, -0.2) is 31.7 Å². The first-order valence-corrected chi connectivity index (χ1v) is 11.0. The lowest BCUT2D eigenvalue weighted by molar-refractivity contribution is -0.120. The number of piperidine rings is 1. The molecule has 0 bridgehead atoms. The molecule has 1 saturated heterocycles. The van der Waals surface area contributed by atoms with E-state index >= 15 is 0 Å². The molecule has 0 aliphatic carbocycles. The normalized spacial score (nSPS) is 18.2. The monoisotopic (exact) mass is 426 g/mol. The molecule has 1 atom stereocenters. The van der Waals surface area contributed by atoms with Crippen LogP contribution in [-0.2, 0) is 20.6 Å². The van der Waals surface area contributed by atoms with E-state index in [4.69, 9.17) is 23.2 Å². The number of nitrogens with one attached hydrogen (secondary N) is 1. The zero-order chi connectivity index (χ0) is 19.4. The second-order valence-electron chi connectivity index (χ2n) is 6.58. The molecule has 1 fully saturated rings. The molecule has 2 aromatic rings. The Morgan fingerprint density at radius 1 is 1.04 bits per heavy atom. The SMILES string of the molecule is O=C(Nc1ccc(Cl)cc1)[C@@H]1CCCN(S(=O)(=O)Cc2ccc(Cl)cc2)C1. The first-order chi connectivity index (χ1) is 12.8. The highest BCUT2D eigenvalue weighted by molar-refractivity contribution is 7.88. The Labute approximate surface area is 169 Å². The van der Waals surface area contributed by atoms with Crippen LogP contribution in [0.1, 0.15) is 18.4 Å². The van der Waals surface area contributed by atoms with Crippen LogP contribution < -0.4 is 5.32 Å². The number of sulfonamides is 1. The van der Waals surface area contributed by atoms with E-state index in [0.29, 0.717) is 40.7 Å². The van der Waals surface area contributed by atoms with E-state index in [1.54, 1.807) is 48.5 Å². The third-order valence-corrected chi connectivity index (χ3v) is 6.84. The molecule has 0 aromatic heterocycles. The van der Waals surface area contributed by atoms with Crippen molar-refractivity contribution in [2.75, 3.05) is 18.4 Å². The molecule has 0 spiro atoms. The number of rotatable bonds is 5. The Bertz CT molecular complexity index is 900. The smallest absolute Gasteiger partial charge is 0.228 e. The molecule has 8 heteroatoms. The quantitative estimate of drug-likeness (QED) is 0.779. The molecule has 144 valence electrons. The Morgan fingerprint density at radius 3 is 2.26 bits per heavy atom. The summed E-state index contributed by atoms with van der Waals surface area (Å²) in [7, 11) is -3.50. The summed E-state index contributed by atoms with van der Waals surface area (Å²) < 4.78 is 26.9. The number of hydrogen-bond acceptors (Lipinski definition) is 3. The predicted molar refractivity (Wildman–Crippen MR) is 108 cm³/mol. The maximum absolute atomic E-state index is 12.8. The van der Waals surface area contributed by atoms with Gasteiger partial charge in [-0.25, -0.2) is 12.7 Å². The maximum Gasteiger partial charge on any atom is 0.228 e. The van der Waals surface area contributed by atoms with Gasteiger partial charge in [0, 0.05) is 28.8 Å². The number of carbonyl (C=O) groups is 1. The zero-order valence-electron chi connectivity index (χ0n) is 14.6. The van der Waals surface area contributed by atoms with Crippen LogP contribution in [0, 0.1) is 5.92 Å². The van der Waals surface area contributed by atoms with Crippen molar-refractivity contribution in [1.29, 1.82) is 0 Å². The first-order valence-electron chi connectivity index (χ1n) is 8.62. The van der Waals surface area contributed by atoms with Gasteiger partial charge in [0.2, 0.25) is 15.9 Å². The third-order valence-electron chi connectivity index (χ3n) is 4.52. The molecule has 0 unspecified atom stereocenters. The van der Waals surface area contributed by atoms with Crippen molar-refractivity contribution in [3.05, 3.63) is 64.1 Å². The summed E-state index contributed by atoms with van der Waals surface area (Å²) in [6.07, 6.45) is 1.31. The van der Waals surface area contributed by atoms with Crippen molar-refractivity contribution in [1.82, 2.24) is 4.31 Å². The van der Waals surface area contributed by atoms with E-state index in [2.05, 4.69) is 5.32 Å². The zero-order valence-corrected chi connectivity index (χ0v) is 16.9. The highest BCUT2D eigenvalue weighted by Crippen LogP contribution is 2.23. The second kappa shape index (κ2) is 8.61. The van der Waals surface area contributed by atoms with Crippen LogP contribution >= 0.6 is 23.2 Å². The number of amides is 1. The molecule has 27 heavy (non-hydrogen) atoms. The van der Waals surface area contributed by atoms with Crippen LogP contribution in [0.25, 0.3) is 0 Å². The molecule has 1 aliphatic heterocycles. The van der Waals surface area contributed by atoms with Crippen molar-refractivity contribution < 1.29 is 13.2 Å². The third kappa shape index (κ3) is 5.45. The fraction of sp³-hybridized carbons (Fsp3) is 0.316. The lowest BCUT2D eigenvalue weighted by atomic mass is 9.99. The van der Waals surface area contributed by atoms with Crippen molar-refractivity contribution in [3.63, 3.8) is 0 Å². The summed E-state index contributed by atoms with van der Waals surface area (Å²) >= 11 is 11.7. The van der Waals surface area contributed by atoms with Crippen molar-refractivity contribution >= 4 is 44.8 Å². The molecular weight excluding hydrogens is 407 g/mol. The summed E-state index contributed by atoms with van der Waals surface area (Å²) in [5.74, 6) is -0.659. The van der Waals surface area contributed by atoms with Crippen LogP contribution in [0.2, 0.25) is 10.0 Å². The summed E-state index contributed by atoms with van der Waals surface area (Å²) in [4.78, 5) is 12.5. The average Bonchev–Trinajstić information content (AvgIpc) is 2.65. The van der Waals surface area contributed by atoms with Gasteiger partial charge >= 0.3 is 0 Å². The van der Waals surface area contributed by atoms with Gasteiger partial charge in [0.25, 0.3) is 0 Å². The van der Waals surface area contributed by atoms with Gasteiger partial charge in [-0.2, -0.15) is 0 Å². The van der Waals surface area contributed by atoms with Gasteiger partial charge in [-0.15, -0.1) is 0 Å². The van der Waals surface area contributed by atoms with Crippen LogP contribution in [0.3, 0.4) is 0 Å². The highest BCUT2D eigenvalue weighted by atomic mass is 35.5. The van der Waals surface area contributed by atoms with Gasteiger partial charge in [-0.3, -0.25) is 4.79 Å². The lowest BCUT2D eigenvalue weighted by Crippen LogP contribution is -2.44. The summed E-state index contributed by atoms with van der Waals surface area (Å²) in [6.45, 7) is 0.621. The summed E-state index contributed by atoms with van der Waals surface area (Å²) in [5.41, 5.74) is 1.32. The Hall–Kier alpha value is -1.60.